The first-order valence-corrected chi connectivity index (χ1v) is 8.54. The summed E-state index contributed by atoms with van der Waals surface area (Å²) in [4.78, 5) is 4.45. The monoisotopic (exact) mass is 491 g/mol. The molecule has 0 aromatic heterocycles. The van der Waals surface area contributed by atoms with E-state index in [2.05, 4.69) is 15.6 Å². The number of halogens is 3. The summed E-state index contributed by atoms with van der Waals surface area (Å²) in [6.45, 7) is 5.04. The van der Waals surface area contributed by atoms with Gasteiger partial charge < -0.3 is 15.7 Å². The number of nitrogens with one attached hydrogen (secondary N) is 2. The van der Waals surface area contributed by atoms with Crippen LogP contribution < -0.4 is 10.6 Å². The van der Waals surface area contributed by atoms with Crippen LogP contribution in [0.2, 0.25) is 5.02 Å². The summed E-state index contributed by atoms with van der Waals surface area (Å²) in [5.41, 5.74) is 0.596. The minimum atomic E-state index is -1.03. The molecular weight excluding hydrogens is 468 g/mol. The minimum Gasteiger partial charge on any atom is -0.384 e. The maximum Gasteiger partial charge on any atom is 0.191 e. The van der Waals surface area contributed by atoms with E-state index in [9.17, 15) is 9.50 Å². The molecule has 0 saturated heterocycles. The first-order valence-electron chi connectivity index (χ1n) is 8.16. The van der Waals surface area contributed by atoms with Crippen molar-refractivity contribution in [2.75, 3.05) is 13.1 Å². The van der Waals surface area contributed by atoms with Crippen LogP contribution in [0.1, 0.15) is 25.0 Å². The Morgan fingerprint density at radius 2 is 1.88 bits per heavy atom. The summed E-state index contributed by atoms with van der Waals surface area (Å²) in [5.74, 6) is 0.123. The molecular formula is C19H24ClFIN3O. The van der Waals surface area contributed by atoms with Gasteiger partial charge in [0.05, 0.1) is 18.1 Å². The Balaban J connectivity index is 0.00000338. The molecule has 2 aromatic rings. The number of benzene rings is 2. The van der Waals surface area contributed by atoms with E-state index >= 15 is 0 Å². The lowest BCUT2D eigenvalue weighted by Gasteiger charge is -2.25. The molecule has 0 radical (unpaired) electrons. The van der Waals surface area contributed by atoms with Gasteiger partial charge in [-0.25, -0.2) is 9.38 Å². The molecule has 0 aliphatic carbocycles. The van der Waals surface area contributed by atoms with Gasteiger partial charge in [0.1, 0.15) is 11.4 Å². The van der Waals surface area contributed by atoms with Crippen molar-refractivity contribution >= 4 is 41.5 Å². The molecule has 0 bridgehead atoms. The molecule has 26 heavy (non-hydrogen) atoms. The minimum absolute atomic E-state index is 0. The number of guanidine groups is 1. The molecule has 1 atom stereocenters. The lowest BCUT2D eigenvalue weighted by atomic mass is 9.96. The van der Waals surface area contributed by atoms with Crippen LogP contribution in [0, 0.1) is 5.82 Å². The topological polar surface area (TPSA) is 56.7 Å². The molecule has 0 fully saturated rings. The SMILES string of the molecule is CCNC(=NCc1ccc(F)c(Cl)c1)NCC(C)(O)c1ccccc1.I. The van der Waals surface area contributed by atoms with Crippen LogP contribution in [0.5, 0.6) is 0 Å². The van der Waals surface area contributed by atoms with Crippen molar-refractivity contribution in [3.05, 3.63) is 70.5 Å². The van der Waals surface area contributed by atoms with Gasteiger partial charge in [0.2, 0.25) is 0 Å². The molecule has 0 aliphatic rings. The third-order valence-corrected chi connectivity index (χ3v) is 4.03. The molecule has 2 rings (SSSR count). The predicted octanol–water partition coefficient (Wildman–Crippen LogP) is 4.06. The largest absolute Gasteiger partial charge is 0.384 e. The van der Waals surface area contributed by atoms with E-state index in [1.54, 1.807) is 19.1 Å². The average molecular weight is 492 g/mol. The Bertz CT molecular complexity index is 726. The summed E-state index contributed by atoms with van der Waals surface area (Å²) in [7, 11) is 0. The van der Waals surface area contributed by atoms with E-state index in [4.69, 9.17) is 11.6 Å². The fraction of sp³-hybridized carbons (Fsp3) is 0.316. The van der Waals surface area contributed by atoms with E-state index in [0.717, 1.165) is 11.1 Å². The van der Waals surface area contributed by atoms with Gasteiger partial charge in [-0.2, -0.15) is 0 Å². The molecule has 0 saturated carbocycles. The van der Waals surface area contributed by atoms with E-state index in [1.165, 1.54) is 6.07 Å². The van der Waals surface area contributed by atoms with Crippen LogP contribution in [-0.2, 0) is 12.1 Å². The highest BCUT2D eigenvalue weighted by molar-refractivity contribution is 14.0. The molecule has 3 N–H and O–H groups in total. The predicted molar refractivity (Wildman–Crippen MR) is 116 cm³/mol. The summed E-state index contributed by atoms with van der Waals surface area (Å²) >= 11 is 5.79. The summed E-state index contributed by atoms with van der Waals surface area (Å²) < 4.78 is 13.2. The van der Waals surface area contributed by atoms with Gasteiger partial charge in [-0.1, -0.05) is 48.0 Å². The van der Waals surface area contributed by atoms with Crippen molar-refractivity contribution in [3.63, 3.8) is 0 Å². The average Bonchev–Trinajstić information content (AvgIpc) is 2.61. The zero-order valence-corrected chi connectivity index (χ0v) is 17.9. The third kappa shape index (κ3) is 6.74. The fourth-order valence-electron chi connectivity index (χ4n) is 2.31. The fourth-order valence-corrected chi connectivity index (χ4v) is 2.51. The van der Waals surface area contributed by atoms with Gasteiger partial charge in [-0.15, -0.1) is 24.0 Å². The first-order chi connectivity index (χ1) is 11.9. The van der Waals surface area contributed by atoms with E-state index in [0.29, 0.717) is 25.6 Å². The third-order valence-electron chi connectivity index (χ3n) is 3.74. The van der Waals surface area contributed by atoms with Crippen molar-refractivity contribution in [2.24, 2.45) is 4.99 Å². The number of nitrogens with zero attached hydrogens (tertiary/aromatic N) is 1. The summed E-state index contributed by atoms with van der Waals surface area (Å²) in [6.07, 6.45) is 0. The zero-order valence-electron chi connectivity index (χ0n) is 14.8. The van der Waals surface area contributed by atoms with E-state index in [-0.39, 0.29) is 29.0 Å². The standard InChI is InChI=1S/C19H23ClFN3O.HI/c1-3-22-18(23-12-14-9-10-17(21)16(20)11-14)24-13-19(2,25)15-7-5-4-6-8-15;/h4-11,25H,3,12-13H2,1-2H3,(H2,22,23,24);1H. The van der Waals surface area contributed by atoms with Crippen molar-refractivity contribution < 1.29 is 9.50 Å². The maximum atomic E-state index is 13.2. The van der Waals surface area contributed by atoms with Crippen LogP contribution in [0.25, 0.3) is 0 Å². The normalized spacial score (nSPS) is 13.5. The van der Waals surface area contributed by atoms with Crippen LogP contribution in [0.4, 0.5) is 4.39 Å². The van der Waals surface area contributed by atoms with Gasteiger partial charge in [0.25, 0.3) is 0 Å². The first kappa shape index (κ1) is 22.7. The van der Waals surface area contributed by atoms with Gasteiger partial charge in [-0.05, 0) is 37.1 Å². The molecule has 0 spiro atoms. The molecule has 0 aliphatic heterocycles. The van der Waals surface area contributed by atoms with E-state index < -0.39 is 11.4 Å². The summed E-state index contributed by atoms with van der Waals surface area (Å²) in [5, 5.41) is 17.0. The second-order valence-corrected chi connectivity index (χ2v) is 6.34. The second-order valence-electron chi connectivity index (χ2n) is 5.94. The van der Waals surface area contributed by atoms with Crippen LogP contribution >= 0.6 is 35.6 Å². The van der Waals surface area contributed by atoms with E-state index in [1.807, 2.05) is 37.3 Å². The van der Waals surface area contributed by atoms with Crippen LogP contribution in [0.3, 0.4) is 0 Å². The number of hydrogen-bond acceptors (Lipinski definition) is 2. The molecule has 0 amide bonds. The van der Waals surface area contributed by atoms with Crippen molar-refractivity contribution in [3.8, 4) is 0 Å². The molecule has 142 valence electrons. The Labute approximate surface area is 175 Å². The number of hydrogen-bond donors (Lipinski definition) is 3. The van der Waals surface area contributed by atoms with Gasteiger partial charge in [0.15, 0.2) is 5.96 Å². The highest BCUT2D eigenvalue weighted by Gasteiger charge is 2.22. The molecule has 4 nitrogen and oxygen atoms in total. The molecule has 1 unspecified atom stereocenters. The van der Waals surface area contributed by atoms with Crippen LogP contribution in [-0.4, -0.2) is 24.2 Å². The number of aliphatic imine (C=N–C) groups is 1. The highest BCUT2D eigenvalue weighted by Crippen LogP contribution is 2.19. The van der Waals surface area contributed by atoms with Gasteiger partial charge in [-0.3, -0.25) is 0 Å². The Hall–Kier alpha value is -1.38. The lowest BCUT2D eigenvalue weighted by molar-refractivity contribution is 0.0617. The Morgan fingerprint density at radius 3 is 2.50 bits per heavy atom. The van der Waals surface area contributed by atoms with Gasteiger partial charge in [0, 0.05) is 6.54 Å². The van der Waals surface area contributed by atoms with Crippen molar-refractivity contribution in [1.29, 1.82) is 0 Å². The Morgan fingerprint density at radius 1 is 1.19 bits per heavy atom. The van der Waals surface area contributed by atoms with Crippen molar-refractivity contribution in [1.82, 2.24) is 10.6 Å². The van der Waals surface area contributed by atoms with Crippen molar-refractivity contribution in [2.45, 2.75) is 26.0 Å². The second kappa shape index (κ2) is 10.7. The number of aliphatic hydroxyl groups is 1. The smallest absolute Gasteiger partial charge is 0.191 e. The molecule has 2 aromatic carbocycles. The lowest BCUT2D eigenvalue weighted by Crippen LogP contribution is -2.44. The highest BCUT2D eigenvalue weighted by atomic mass is 127. The summed E-state index contributed by atoms with van der Waals surface area (Å²) in [6, 6.07) is 14.0. The Kier molecular flexibility index (Phi) is 9.32. The van der Waals surface area contributed by atoms with Gasteiger partial charge >= 0.3 is 0 Å². The van der Waals surface area contributed by atoms with Crippen LogP contribution in [0.15, 0.2) is 53.5 Å². The quantitative estimate of drug-likeness (QED) is 0.325. The molecule has 7 heteroatoms. The zero-order chi connectivity index (χ0) is 18.3. The number of rotatable bonds is 6. The molecule has 0 heterocycles. The maximum absolute atomic E-state index is 13.2.